The molecule has 4 nitrogen and oxygen atoms in total. The van der Waals surface area contributed by atoms with E-state index in [4.69, 9.17) is 10.00 Å². The van der Waals surface area contributed by atoms with Gasteiger partial charge in [-0.25, -0.2) is 4.79 Å². The number of esters is 1. The Bertz CT molecular complexity index is 421. The van der Waals surface area contributed by atoms with Gasteiger partial charge in [-0.3, -0.25) is 0 Å². The number of phenolic OH excluding ortho intramolecular Hbond substituents is 1. The van der Waals surface area contributed by atoms with E-state index in [0.29, 0.717) is 30.6 Å². The van der Waals surface area contributed by atoms with E-state index in [1.54, 1.807) is 19.1 Å². The summed E-state index contributed by atoms with van der Waals surface area (Å²) in [5.74, 6) is -0.426. The molecule has 0 saturated carbocycles. The van der Waals surface area contributed by atoms with Gasteiger partial charge in [-0.05, 0) is 31.0 Å². The quantitative estimate of drug-likeness (QED) is 0.786. The number of aryl methyl sites for hydroxylation is 1. The van der Waals surface area contributed by atoms with Gasteiger partial charge in [0.1, 0.15) is 5.75 Å². The molecule has 1 aromatic carbocycles. The number of nitriles is 1. The lowest BCUT2D eigenvalue weighted by molar-refractivity contribution is 0.0526. The highest BCUT2D eigenvalue weighted by Crippen LogP contribution is 2.20. The summed E-state index contributed by atoms with van der Waals surface area (Å²) < 4.78 is 4.80. The minimum absolute atomic E-state index is 0.0285. The second-order valence-corrected chi connectivity index (χ2v) is 3.22. The summed E-state index contributed by atoms with van der Waals surface area (Å²) in [5, 5.41) is 18.0. The van der Waals surface area contributed by atoms with E-state index in [1.807, 2.05) is 6.07 Å². The molecule has 4 heteroatoms. The van der Waals surface area contributed by atoms with Crippen LogP contribution in [0.3, 0.4) is 0 Å². The molecule has 84 valence electrons. The zero-order chi connectivity index (χ0) is 12.0. The average Bonchev–Trinajstić information content (AvgIpc) is 2.27. The third kappa shape index (κ3) is 2.99. The van der Waals surface area contributed by atoms with Crippen LogP contribution in [0.1, 0.15) is 29.3 Å². The Morgan fingerprint density at radius 2 is 2.31 bits per heavy atom. The van der Waals surface area contributed by atoms with Crippen LogP contribution >= 0.6 is 0 Å². The molecule has 0 radical (unpaired) electrons. The van der Waals surface area contributed by atoms with Crippen LogP contribution < -0.4 is 0 Å². The van der Waals surface area contributed by atoms with Crippen molar-refractivity contribution in [2.45, 2.75) is 19.8 Å². The fourth-order valence-corrected chi connectivity index (χ4v) is 1.31. The standard InChI is InChI=1S/C12H13NO3/c1-2-16-12(15)10-6-5-9(4-3-7-13)11(14)8-10/h5-6,8,14H,2-4H2,1H3. The van der Waals surface area contributed by atoms with Crippen molar-refractivity contribution in [3.8, 4) is 11.8 Å². The first-order valence-electron chi connectivity index (χ1n) is 5.05. The maximum absolute atomic E-state index is 11.3. The molecule has 0 aliphatic rings. The maximum Gasteiger partial charge on any atom is 0.338 e. The van der Waals surface area contributed by atoms with Gasteiger partial charge < -0.3 is 9.84 Å². The van der Waals surface area contributed by atoms with Crippen LogP contribution in [0.25, 0.3) is 0 Å². The molecule has 0 fully saturated rings. The van der Waals surface area contributed by atoms with Crippen LogP contribution in [-0.2, 0) is 11.2 Å². The predicted molar refractivity (Wildman–Crippen MR) is 58.0 cm³/mol. The molecule has 0 aliphatic carbocycles. The molecule has 0 heterocycles. The highest BCUT2D eigenvalue weighted by Gasteiger charge is 2.09. The third-order valence-electron chi connectivity index (χ3n) is 2.10. The van der Waals surface area contributed by atoms with Gasteiger partial charge >= 0.3 is 5.97 Å². The molecule has 1 rings (SSSR count). The van der Waals surface area contributed by atoms with Crippen molar-refractivity contribution >= 4 is 5.97 Å². The smallest absolute Gasteiger partial charge is 0.338 e. The van der Waals surface area contributed by atoms with E-state index >= 15 is 0 Å². The monoisotopic (exact) mass is 219 g/mol. The number of phenols is 1. The van der Waals surface area contributed by atoms with E-state index in [9.17, 15) is 9.90 Å². The van der Waals surface area contributed by atoms with Gasteiger partial charge in [-0.1, -0.05) is 6.07 Å². The zero-order valence-electron chi connectivity index (χ0n) is 9.06. The highest BCUT2D eigenvalue weighted by atomic mass is 16.5. The van der Waals surface area contributed by atoms with Gasteiger partial charge in [0.25, 0.3) is 0 Å². The van der Waals surface area contributed by atoms with Crippen molar-refractivity contribution in [3.63, 3.8) is 0 Å². The maximum atomic E-state index is 11.3. The number of hydrogen-bond donors (Lipinski definition) is 1. The molecule has 0 saturated heterocycles. The van der Waals surface area contributed by atoms with Crippen molar-refractivity contribution in [2.24, 2.45) is 0 Å². The lowest BCUT2D eigenvalue weighted by atomic mass is 10.1. The fourth-order valence-electron chi connectivity index (χ4n) is 1.31. The summed E-state index contributed by atoms with van der Waals surface area (Å²) in [7, 11) is 0. The minimum Gasteiger partial charge on any atom is -0.508 e. The summed E-state index contributed by atoms with van der Waals surface area (Å²) in [5.41, 5.74) is 0.981. The average molecular weight is 219 g/mol. The first-order chi connectivity index (χ1) is 7.69. The molecule has 0 spiro atoms. The zero-order valence-corrected chi connectivity index (χ0v) is 9.06. The largest absolute Gasteiger partial charge is 0.508 e. The number of ether oxygens (including phenoxy) is 1. The van der Waals surface area contributed by atoms with Gasteiger partial charge in [0, 0.05) is 6.42 Å². The van der Waals surface area contributed by atoms with Gasteiger partial charge in [0.2, 0.25) is 0 Å². The van der Waals surface area contributed by atoms with Crippen molar-refractivity contribution in [3.05, 3.63) is 29.3 Å². The number of rotatable bonds is 4. The molecule has 0 unspecified atom stereocenters. The Kier molecular flexibility index (Phi) is 4.34. The SMILES string of the molecule is CCOC(=O)c1ccc(CCC#N)c(O)c1. The Morgan fingerprint density at radius 1 is 1.56 bits per heavy atom. The Morgan fingerprint density at radius 3 is 2.88 bits per heavy atom. The van der Waals surface area contributed by atoms with E-state index < -0.39 is 5.97 Å². The Labute approximate surface area is 94.1 Å². The van der Waals surface area contributed by atoms with Crippen molar-refractivity contribution in [1.82, 2.24) is 0 Å². The molecular weight excluding hydrogens is 206 g/mol. The van der Waals surface area contributed by atoms with Crippen molar-refractivity contribution in [1.29, 1.82) is 5.26 Å². The van der Waals surface area contributed by atoms with Crippen LogP contribution in [0, 0.1) is 11.3 Å². The van der Waals surface area contributed by atoms with Crippen LogP contribution in [0.5, 0.6) is 5.75 Å². The Balaban J connectivity index is 2.83. The highest BCUT2D eigenvalue weighted by molar-refractivity contribution is 5.90. The van der Waals surface area contributed by atoms with Crippen LogP contribution in [0.15, 0.2) is 18.2 Å². The molecule has 1 aromatic rings. The number of benzene rings is 1. The topological polar surface area (TPSA) is 70.3 Å². The van der Waals surface area contributed by atoms with E-state index in [1.165, 1.54) is 6.07 Å². The fraction of sp³-hybridized carbons (Fsp3) is 0.333. The summed E-state index contributed by atoms with van der Waals surface area (Å²) in [6.07, 6.45) is 0.817. The molecule has 0 atom stereocenters. The molecule has 0 bridgehead atoms. The van der Waals surface area contributed by atoms with Crippen molar-refractivity contribution in [2.75, 3.05) is 6.61 Å². The molecule has 0 aromatic heterocycles. The molecule has 0 amide bonds. The van der Waals surface area contributed by atoms with Gasteiger partial charge in [0.05, 0.1) is 18.2 Å². The van der Waals surface area contributed by atoms with Gasteiger partial charge in [-0.15, -0.1) is 0 Å². The molecule has 0 aliphatic heterocycles. The lowest BCUT2D eigenvalue weighted by Gasteiger charge is -2.05. The van der Waals surface area contributed by atoms with Gasteiger partial charge in [0.15, 0.2) is 0 Å². The number of carbonyl (C=O) groups excluding carboxylic acids is 1. The van der Waals surface area contributed by atoms with Crippen molar-refractivity contribution < 1.29 is 14.6 Å². The lowest BCUT2D eigenvalue weighted by Crippen LogP contribution is -2.04. The summed E-state index contributed by atoms with van der Waals surface area (Å²) in [6, 6.07) is 6.59. The summed E-state index contributed by atoms with van der Waals surface area (Å²) in [6.45, 7) is 2.02. The normalized spacial score (nSPS) is 9.50. The summed E-state index contributed by atoms with van der Waals surface area (Å²) >= 11 is 0. The van der Waals surface area contributed by atoms with Crippen LogP contribution in [0.2, 0.25) is 0 Å². The first-order valence-corrected chi connectivity index (χ1v) is 5.05. The third-order valence-corrected chi connectivity index (χ3v) is 2.10. The van der Waals surface area contributed by atoms with E-state index in [2.05, 4.69) is 0 Å². The first kappa shape index (κ1) is 12.1. The van der Waals surface area contributed by atoms with Crippen LogP contribution in [0.4, 0.5) is 0 Å². The molecule has 16 heavy (non-hydrogen) atoms. The van der Waals surface area contributed by atoms with Crippen LogP contribution in [-0.4, -0.2) is 17.7 Å². The van der Waals surface area contributed by atoms with E-state index in [0.717, 1.165) is 0 Å². The molecule has 1 N–H and O–H groups in total. The number of carbonyl (C=O) groups is 1. The number of hydrogen-bond acceptors (Lipinski definition) is 4. The number of aromatic hydroxyl groups is 1. The second-order valence-electron chi connectivity index (χ2n) is 3.22. The molecular formula is C12H13NO3. The van der Waals surface area contributed by atoms with E-state index in [-0.39, 0.29) is 5.75 Å². The second kappa shape index (κ2) is 5.76. The number of nitrogens with zero attached hydrogens (tertiary/aromatic N) is 1. The van der Waals surface area contributed by atoms with Gasteiger partial charge in [-0.2, -0.15) is 5.26 Å². The Hall–Kier alpha value is -2.02. The minimum atomic E-state index is -0.454. The summed E-state index contributed by atoms with van der Waals surface area (Å²) in [4.78, 5) is 11.3. The predicted octanol–water partition coefficient (Wildman–Crippen LogP) is 2.03.